The van der Waals surface area contributed by atoms with Gasteiger partial charge >= 0.3 is 12.0 Å². The second kappa shape index (κ2) is 14.0. The molecule has 1 N–H and O–H groups in total. The van der Waals surface area contributed by atoms with Crippen LogP contribution in [-0.2, 0) is 9.59 Å². The lowest BCUT2D eigenvalue weighted by Crippen LogP contribution is -2.46. The maximum atomic E-state index is 13.8. The first-order valence-electron chi connectivity index (χ1n) is 15.5. The average Bonchev–Trinajstić information content (AvgIpc) is 3.65. The molecule has 0 spiro atoms. The highest BCUT2D eigenvalue weighted by Gasteiger charge is 2.48. The molecule has 3 amide bonds. The number of ether oxygens (including phenoxy) is 3. The lowest BCUT2D eigenvalue weighted by atomic mass is 9.84. The number of unbranched alkanes of at least 4 members (excludes halogenated alkanes) is 1. The molecule has 0 bridgehead atoms. The van der Waals surface area contributed by atoms with Gasteiger partial charge < -0.3 is 38.5 Å². The van der Waals surface area contributed by atoms with E-state index < -0.39 is 23.8 Å². The van der Waals surface area contributed by atoms with Gasteiger partial charge in [0.25, 0.3) is 0 Å². The number of rotatable bonds is 15. The molecular formula is C31H50N5O7+. The van der Waals surface area contributed by atoms with Crippen LogP contribution in [0.3, 0.4) is 0 Å². The van der Waals surface area contributed by atoms with E-state index in [1.165, 1.54) is 0 Å². The standard InChI is InChI=1S/C31H49N5O7/c1-7-8-11-33(12-9-16-36(3,4)5)27(37)20-35-19-23(22-17-25(41-6)29-26(18-22)42-21-43-29)28(30(38)39)24(35)10-13-34-15-14-32(2)31(34)40/h17-18,23-24,28H,7-16,19-21H2,1-6H3/p+1. The number of methoxy groups -OCH3 is 1. The minimum Gasteiger partial charge on any atom is -0.493 e. The summed E-state index contributed by atoms with van der Waals surface area (Å²) in [6.45, 7) is 6.72. The summed E-state index contributed by atoms with van der Waals surface area (Å²) < 4.78 is 17.6. The zero-order valence-corrected chi connectivity index (χ0v) is 26.7. The normalized spacial score (nSPS) is 22.0. The lowest BCUT2D eigenvalue weighted by molar-refractivity contribution is -0.870. The molecule has 1 aromatic rings. The number of quaternary nitrogens is 1. The number of carbonyl (C=O) groups is 3. The van der Waals surface area contributed by atoms with Crippen LogP contribution in [0.15, 0.2) is 12.1 Å². The van der Waals surface area contributed by atoms with Crippen molar-refractivity contribution in [1.82, 2.24) is 19.6 Å². The van der Waals surface area contributed by atoms with E-state index in [4.69, 9.17) is 14.2 Å². The molecule has 3 aliphatic heterocycles. The van der Waals surface area contributed by atoms with E-state index >= 15 is 0 Å². The highest BCUT2D eigenvalue weighted by Crippen LogP contribution is 2.47. The summed E-state index contributed by atoms with van der Waals surface area (Å²) in [5.74, 6) is -0.556. The van der Waals surface area contributed by atoms with Crippen LogP contribution in [-0.4, -0.2) is 148 Å². The third-order valence-corrected chi connectivity index (χ3v) is 8.87. The number of hydrogen-bond donors (Lipinski definition) is 1. The molecule has 0 aromatic heterocycles. The number of fused-ring (bicyclic) bond motifs is 1. The fourth-order valence-corrected chi connectivity index (χ4v) is 6.47. The van der Waals surface area contributed by atoms with E-state index in [2.05, 4.69) is 28.1 Å². The summed E-state index contributed by atoms with van der Waals surface area (Å²) >= 11 is 0. The number of amides is 3. The molecular weight excluding hydrogens is 554 g/mol. The number of carboxylic acids is 1. The van der Waals surface area contributed by atoms with Gasteiger partial charge in [-0.15, -0.1) is 0 Å². The van der Waals surface area contributed by atoms with Gasteiger partial charge in [0.05, 0.1) is 47.3 Å². The Morgan fingerprint density at radius 2 is 1.88 bits per heavy atom. The molecule has 240 valence electrons. The van der Waals surface area contributed by atoms with Crippen LogP contribution in [0, 0.1) is 5.92 Å². The molecule has 4 rings (SSSR count). The third kappa shape index (κ3) is 7.83. The summed E-state index contributed by atoms with van der Waals surface area (Å²) in [4.78, 5) is 46.8. The van der Waals surface area contributed by atoms with Gasteiger partial charge in [-0.25, -0.2) is 4.79 Å². The number of nitrogens with zero attached hydrogens (tertiary/aromatic N) is 5. The van der Waals surface area contributed by atoms with Crippen molar-refractivity contribution in [1.29, 1.82) is 0 Å². The average molecular weight is 605 g/mol. The highest BCUT2D eigenvalue weighted by atomic mass is 16.7. The van der Waals surface area contributed by atoms with Crippen molar-refractivity contribution in [2.45, 2.75) is 44.6 Å². The predicted molar refractivity (Wildman–Crippen MR) is 162 cm³/mol. The van der Waals surface area contributed by atoms with Crippen LogP contribution in [0.1, 0.15) is 44.1 Å². The van der Waals surface area contributed by atoms with Crippen molar-refractivity contribution in [2.24, 2.45) is 5.92 Å². The van der Waals surface area contributed by atoms with Crippen molar-refractivity contribution < 1.29 is 38.2 Å². The molecule has 1 aromatic carbocycles. The van der Waals surface area contributed by atoms with Gasteiger partial charge in [-0.2, -0.15) is 0 Å². The van der Waals surface area contributed by atoms with E-state index in [0.29, 0.717) is 62.9 Å². The fraction of sp³-hybridized carbons (Fsp3) is 0.710. The van der Waals surface area contributed by atoms with E-state index in [1.807, 2.05) is 21.9 Å². The number of carbonyl (C=O) groups excluding carboxylic acids is 2. The summed E-state index contributed by atoms with van der Waals surface area (Å²) in [5, 5.41) is 10.6. The number of carboxylic acid groups (broad SMARTS) is 1. The summed E-state index contributed by atoms with van der Waals surface area (Å²) in [7, 11) is 9.76. The minimum atomic E-state index is -0.919. The Labute approximate surface area is 255 Å². The molecule has 3 heterocycles. The van der Waals surface area contributed by atoms with Crippen LogP contribution in [0.25, 0.3) is 0 Å². The third-order valence-electron chi connectivity index (χ3n) is 8.87. The van der Waals surface area contributed by atoms with Crippen molar-refractivity contribution in [2.75, 3.05) is 94.5 Å². The second-order valence-electron chi connectivity index (χ2n) is 13.0. The fourth-order valence-electron chi connectivity index (χ4n) is 6.47. The number of hydrogen-bond acceptors (Lipinski definition) is 7. The molecule has 2 fully saturated rings. The van der Waals surface area contributed by atoms with Crippen LogP contribution in [0.4, 0.5) is 4.79 Å². The second-order valence-corrected chi connectivity index (χ2v) is 13.0. The maximum Gasteiger partial charge on any atom is 0.319 e. The molecule has 3 atom stereocenters. The molecule has 0 aliphatic carbocycles. The summed E-state index contributed by atoms with van der Waals surface area (Å²) in [6, 6.07) is 3.19. The Bertz CT molecular complexity index is 1160. The van der Waals surface area contributed by atoms with Gasteiger partial charge in [0.15, 0.2) is 11.5 Å². The van der Waals surface area contributed by atoms with E-state index in [0.717, 1.165) is 35.9 Å². The largest absolute Gasteiger partial charge is 0.493 e. The summed E-state index contributed by atoms with van der Waals surface area (Å²) in [6.07, 6.45) is 3.25. The first-order valence-corrected chi connectivity index (χ1v) is 15.5. The molecule has 12 heteroatoms. The highest BCUT2D eigenvalue weighted by molar-refractivity contribution is 5.79. The molecule has 0 radical (unpaired) electrons. The van der Waals surface area contributed by atoms with Crippen molar-refractivity contribution in [3.05, 3.63) is 17.7 Å². The Hall–Kier alpha value is -3.25. The molecule has 0 saturated carbocycles. The quantitative estimate of drug-likeness (QED) is 0.304. The number of likely N-dealkylation sites (N-methyl/N-ethyl adjacent to an activating group) is 1. The van der Waals surface area contributed by atoms with Crippen molar-refractivity contribution >= 4 is 17.9 Å². The van der Waals surface area contributed by atoms with Crippen LogP contribution >= 0.6 is 0 Å². The SMILES string of the molecule is CCCCN(CCC[N+](C)(C)C)C(=O)CN1CC(c2cc(OC)c3c(c2)OCO3)C(C(=O)O)C1CCN1CCN(C)C1=O. The molecule has 3 unspecified atom stereocenters. The van der Waals surface area contributed by atoms with Gasteiger partial charge in [0, 0.05) is 64.7 Å². The van der Waals surface area contributed by atoms with Gasteiger partial charge in [0.2, 0.25) is 18.4 Å². The van der Waals surface area contributed by atoms with Crippen molar-refractivity contribution in [3.8, 4) is 17.2 Å². The lowest BCUT2D eigenvalue weighted by Gasteiger charge is -2.31. The Kier molecular flexibility index (Phi) is 10.7. The van der Waals surface area contributed by atoms with E-state index in [-0.39, 0.29) is 25.3 Å². The number of aliphatic carboxylic acids is 1. The first-order chi connectivity index (χ1) is 20.4. The minimum absolute atomic E-state index is 0.0184. The van der Waals surface area contributed by atoms with Gasteiger partial charge in [-0.1, -0.05) is 13.3 Å². The first kappa shape index (κ1) is 32.7. The topological polar surface area (TPSA) is 112 Å². The molecule has 2 saturated heterocycles. The molecule has 43 heavy (non-hydrogen) atoms. The van der Waals surface area contributed by atoms with Crippen LogP contribution < -0.4 is 14.2 Å². The van der Waals surface area contributed by atoms with Gasteiger partial charge in [-0.3, -0.25) is 14.5 Å². The molecule has 12 nitrogen and oxygen atoms in total. The summed E-state index contributed by atoms with van der Waals surface area (Å²) in [5.41, 5.74) is 0.774. The Morgan fingerprint density at radius 3 is 2.51 bits per heavy atom. The van der Waals surface area contributed by atoms with Crippen molar-refractivity contribution in [3.63, 3.8) is 0 Å². The number of urea groups is 1. The Balaban J connectivity index is 1.60. The zero-order chi connectivity index (χ0) is 31.3. The predicted octanol–water partition coefficient (Wildman–Crippen LogP) is 2.38. The number of benzene rings is 1. The monoisotopic (exact) mass is 604 g/mol. The van der Waals surface area contributed by atoms with Gasteiger partial charge in [0.1, 0.15) is 0 Å². The maximum absolute atomic E-state index is 13.8. The molecule has 3 aliphatic rings. The van der Waals surface area contributed by atoms with E-state index in [1.54, 1.807) is 24.0 Å². The van der Waals surface area contributed by atoms with E-state index in [9.17, 15) is 19.5 Å². The zero-order valence-electron chi connectivity index (χ0n) is 26.7. The van der Waals surface area contributed by atoms with Crippen LogP contribution in [0.5, 0.6) is 17.2 Å². The van der Waals surface area contributed by atoms with Crippen LogP contribution in [0.2, 0.25) is 0 Å². The Morgan fingerprint density at radius 1 is 1.14 bits per heavy atom. The number of likely N-dealkylation sites (tertiary alicyclic amines) is 1. The van der Waals surface area contributed by atoms with Gasteiger partial charge in [-0.05, 0) is 30.5 Å². The smallest absolute Gasteiger partial charge is 0.319 e.